The summed E-state index contributed by atoms with van der Waals surface area (Å²) in [5.41, 5.74) is 3.39. The third-order valence-electron chi connectivity index (χ3n) is 6.34. The lowest BCUT2D eigenvalue weighted by molar-refractivity contribution is -0.125. The molecule has 5 rings (SSSR count). The van der Waals surface area contributed by atoms with Crippen LogP contribution in [-0.4, -0.2) is 33.6 Å². The number of halogens is 2. The van der Waals surface area contributed by atoms with Gasteiger partial charge in [-0.05, 0) is 49.6 Å². The Labute approximate surface area is 202 Å². The number of amides is 1. The SMILES string of the molecule is C[C@H](NC(=O)[C@H]1CCCN(c2nccn3nc(-c4ccccc4Cl)cc23)C1)c1ccc(F)cc1. The van der Waals surface area contributed by atoms with Crippen molar-refractivity contribution >= 4 is 28.8 Å². The number of rotatable bonds is 5. The number of hydrogen-bond donors (Lipinski definition) is 1. The zero-order valence-corrected chi connectivity index (χ0v) is 19.5. The Morgan fingerprint density at radius 2 is 2.00 bits per heavy atom. The van der Waals surface area contributed by atoms with Gasteiger partial charge in [-0.2, -0.15) is 5.10 Å². The van der Waals surface area contributed by atoms with Crippen molar-refractivity contribution in [1.82, 2.24) is 19.9 Å². The molecule has 1 fully saturated rings. The largest absolute Gasteiger partial charge is 0.354 e. The van der Waals surface area contributed by atoms with Gasteiger partial charge >= 0.3 is 0 Å². The van der Waals surface area contributed by atoms with Crippen molar-refractivity contribution in [3.8, 4) is 11.3 Å². The number of fused-ring (bicyclic) bond motifs is 1. The van der Waals surface area contributed by atoms with Gasteiger partial charge in [0, 0.05) is 31.0 Å². The molecule has 8 heteroatoms. The van der Waals surface area contributed by atoms with Crippen LogP contribution >= 0.6 is 11.6 Å². The van der Waals surface area contributed by atoms with Crippen LogP contribution in [0, 0.1) is 11.7 Å². The number of benzene rings is 2. The topological polar surface area (TPSA) is 62.5 Å². The minimum Gasteiger partial charge on any atom is -0.354 e. The molecule has 34 heavy (non-hydrogen) atoms. The fourth-order valence-corrected chi connectivity index (χ4v) is 4.73. The van der Waals surface area contributed by atoms with Crippen molar-refractivity contribution in [3.05, 3.63) is 83.4 Å². The van der Waals surface area contributed by atoms with E-state index in [1.165, 1.54) is 12.1 Å². The molecule has 1 aliphatic rings. The van der Waals surface area contributed by atoms with E-state index < -0.39 is 0 Å². The molecule has 174 valence electrons. The number of carbonyl (C=O) groups excluding carboxylic acids is 1. The van der Waals surface area contributed by atoms with Gasteiger partial charge in [0.1, 0.15) is 11.3 Å². The Hall–Kier alpha value is -3.45. The molecule has 1 saturated heterocycles. The number of nitrogens with zero attached hydrogens (tertiary/aromatic N) is 4. The Bertz CT molecular complexity index is 1320. The summed E-state index contributed by atoms with van der Waals surface area (Å²) in [6.07, 6.45) is 5.24. The van der Waals surface area contributed by atoms with Crippen molar-refractivity contribution in [2.75, 3.05) is 18.0 Å². The lowest BCUT2D eigenvalue weighted by Gasteiger charge is -2.33. The van der Waals surface area contributed by atoms with Gasteiger partial charge in [0.15, 0.2) is 5.82 Å². The molecule has 2 aromatic heterocycles. The molecule has 0 spiro atoms. The summed E-state index contributed by atoms with van der Waals surface area (Å²) >= 11 is 6.38. The molecule has 0 unspecified atom stereocenters. The summed E-state index contributed by atoms with van der Waals surface area (Å²) in [5, 5.41) is 8.42. The van der Waals surface area contributed by atoms with Crippen LogP contribution in [0.3, 0.4) is 0 Å². The van der Waals surface area contributed by atoms with Crippen molar-refractivity contribution in [1.29, 1.82) is 0 Å². The second-order valence-corrected chi connectivity index (χ2v) is 9.06. The quantitative estimate of drug-likeness (QED) is 0.424. The van der Waals surface area contributed by atoms with Gasteiger partial charge in [0.2, 0.25) is 5.91 Å². The first kappa shape index (κ1) is 22.3. The second kappa shape index (κ2) is 9.43. The van der Waals surface area contributed by atoms with E-state index in [0.717, 1.165) is 47.5 Å². The fraction of sp³-hybridized carbons (Fsp3) is 0.269. The summed E-state index contributed by atoms with van der Waals surface area (Å²) in [6, 6.07) is 15.6. The maximum absolute atomic E-state index is 13.2. The minimum absolute atomic E-state index is 0.00117. The highest BCUT2D eigenvalue weighted by Gasteiger charge is 2.28. The summed E-state index contributed by atoms with van der Waals surface area (Å²) < 4.78 is 15.0. The van der Waals surface area contributed by atoms with E-state index >= 15 is 0 Å². The number of piperidine rings is 1. The highest BCUT2D eigenvalue weighted by Crippen LogP contribution is 2.31. The normalized spacial score (nSPS) is 17.0. The average Bonchev–Trinajstić information content (AvgIpc) is 3.29. The van der Waals surface area contributed by atoms with E-state index in [-0.39, 0.29) is 23.7 Å². The van der Waals surface area contributed by atoms with Crippen molar-refractivity contribution < 1.29 is 9.18 Å². The minimum atomic E-state index is -0.288. The summed E-state index contributed by atoms with van der Waals surface area (Å²) in [7, 11) is 0. The molecule has 3 heterocycles. The van der Waals surface area contributed by atoms with Crippen molar-refractivity contribution in [3.63, 3.8) is 0 Å². The van der Waals surface area contributed by atoms with Gasteiger partial charge in [0.25, 0.3) is 0 Å². The summed E-state index contributed by atoms with van der Waals surface area (Å²) in [4.78, 5) is 19.8. The number of anilines is 1. The number of aromatic nitrogens is 3. The first-order valence-electron chi connectivity index (χ1n) is 11.4. The lowest BCUT2D eigenvalue weighted by Crippen LogP contribution is -2.44. The molecule has 0 aliphatic carbocycles. The molecule has 6 nitrogen and oxygen atoms in total. The number of carbonyl (C=O) groups is 1. The van der Waals surface area contributed by atoms with Crippen LogP contribution in [0.4, 0.5) is 10.2 Å². The highest BCUT2D eigenvalue weighted by molar-refractivity contribution is 6.33. The van der Waals surface area contributed by atoms with E-state index in [1.807, 2.05) is 43.5 Å². The van der Waals surface area contributed by atoms with Crippen LogP contribution in [0.25, 0.3) is 16.8 Å². The molecule has 0 radical (unpaired) electrons. The monoisotopic (exact) mass is 477 g/mol. The number of nitrogens with one attached hydrogen (secondary N) is 1. The van der Waals surface area contributed by atoms with Gasteiger partial charge in [0.05, 0.1) is 22.7 Å². The van der Waals surface area contributed by atoms with Crippen LogP contribution < -0.4 is 10.2 Å². The number of hydrogen-bond acceptors (Lipinski definition) is 4. The first-order chi connectivity index (χ1) is 16.5. The smallest absolute Gasteiger partial charge is 0.225 e. The van der Waals surface area contributed by atoms with Crippen molar-refractivity contribution in [2.24, 2.45) is 5.92 Å². The summed E-state index contributed by atoms with van der Waals surface area (Å²) in [6.45, 7) is 3.30. The molecule has 0 bridgehead atoms. The van der Waals surface area contributed by atoms with Gasteiger partial charge < -0.3 is 10.2 Å². The molecule has 2 atom stereocenters. The molecule has 1 amide bonds. The van der Waals surface area contributed by atoms with Gasteiger partial charge in [-0.3, -0.25) is 4.79 Å². The zero-order valence-electron chi connectivity index (χ0n) is 18.8. The summed E-state index contributed by atoms with van der Waals surface area (Å²) in [5.74, 6) is 0.352. The lowest BCUT2D eigenvalue weighted by atomic mass is 9.96. The fourth-order valence-electron chi connectivity index (χ4n) is 4.50. The van der Waals surface area contributed by atoms with E-state index in [4.69, 9.17) is 16.7 Å². The zero-order chi connectivity index (χ0) is 23.7. The molecule has 4 aromatic rings. The Kier molecular flexibility index (Phi) is 6.20. The van der Waals surface area contributed by atoms with Crippen LogP contribution in [0.2, 0.25) is 5.02 Å². The van der Waals surface area contributed by atoms with Gasteiger partial charge in [-0.1, -0.05) is 41.9 Å². The Balaban J connectivity index is 1.35. The molecule has 0 saturated carbocycles. The van der Waals surface area contributed by atoms with Crippen LogP contribution in [0.15, 0.2) is 67.0 Å². The molecular formula is C26H25ClFN5O. The molecular weight excluding hydrogens is 453 g/mol. The molecule has 1 N–H and O–H groups in total. The third-order valence-corrected chi connectivity index (χ3v) is 6.67. The predicted molar refractivity (Wildman–Crippen MR) is 131 cm³/mol. The van der Waals surface area contributed by atoms with E-state index in [2.05, 4.69) is 15.2 Å². The second-order valence-electron chi connectivity index (χ2n) is 8.66. The Morgan fingerprint density at radius 1 is 1.21 bits per heavy atom. The van der Waals surface area contributed by atoms with E-state index in [9.17, 15) is 9.18 Å². The van der Waals surface area contributed by atoms with Crippen LogP contribution in [0.1, 0.15) is 31.4 Å². The maximum Gasteiger partial charge on any atom is 0.225 e. The van der Waals surface area contributed by atoms with Crippen molar-refractivity contribution in [2.45, 2.75) is 25.8 Å². The van der Waals surface area contributed by atoms with E-state index in [0.29, 0.717) is 11.6 Å². The Morgan fingerprint density at radius 3 is 2.79 bits per heavy atom. The highest BCUT2D eigenvalue weighted by atomic mass is 35.5. The van der Waals surface area contributed by atoms with Crippen LogP contribution in [0.5, 0.6) is 0 Å². The average molecular weight is 478 g/mol. The maximum atomic E-state index is 13.2. The molecule has 1 aliphatic heterocycles. The van der Waals surface area contributed by atoms with Gasteiger partial charge in [-0.25, -0.2) is 13.9 Å². The standard InChI is InChI=1S/C26H25ClFN5O/c1-17(18-8-10-20(28)11-9-18)30-26(34)19-5-4-13-32(16-19)25-24-15-23(31-33(24)14-12-29-25)21-6-2-3-7-22(21)27/h2-3,6-12,14-15,17,19H,4-5,13,16H2,1H3,(H,30,34)/t17-,19-/m0/s1. The third kappa shape index (κ3) is 4.48. The van der Waals surface area contributed by atoms with E-state index in [1.54, 1.807) is 22.8 Å². The molecule has 2 aromatic carbocycles. The van der Waals surface area contributed by atoms with Gasteiger partial charge in [-0.15, -0.1) is 0 Å². The first-order valence-corrected chi connectivity index (χ1v) is 11.8. The predicted octanol–water partition coefficient (Wildman–Crippen LogP) is 5.28. The van der Waals surface area contributed by atoms with Crippen LogP contribution in [-0.2, 0) is 4.79 Å².